The number of hydrogen-bond acceptors (Lipinski definition) is 9. The molecule has 0 unspecified atom stereocenters. The third kappa shape index (κ3) is 6.65. The quantitative estimate of drug-likeness (QED) is 0.375. The first-order chi connectivity index (χ1) is 17.8. The first-order valence-electron chi connectivity index (χ1n) is 11.7. The number of benzene rings is 2. The third-order valence-electron chi connectivity index (χ3n) is 5.94. The van der Waals surface area contributed by atoms with Crippen LogP contribution in [0.2, 0.25) is 0 Å². The third-order valence-corrected chi connectivity index (χ3v) is 5.94. The Morgan fingerprint density at radius 1 is 0.541 bits per heavy atom. The number of methoxy groups -OCH3 is 8. The van der Waals surface area contributed by atoms with Crippen LogP contribution in [0.4, 0.5) is 0 Å². The molecule has 0 aliphatic heterocycles. The van der Waals surface area contributed by atoms with Gasteiger partial charge < -0.3 is 43.0 Å². The van der Waals surface area contributed by atoms with Crippen molar-refractivity contribution in [3.8, 4) is 46.0 Å². The molecular formula is C28H42O9. The second kappa shape index (κ2) is 15.6. The smallest absolute Gasteiger partial charge is 0.207 e. The fraction of sp³-hybridized carbons (Fsp3) is 0.500. The fourth-order valence-corrected chi connectivity index (χ4v) is 4.25. The van der Waals surface area contributed by atoms with Gasteiger partial charge in [-0.1, -0.05) is 6.08 Å². The van der Waals surface area contributed by atoms with Crippen LogP contribution in [0.15, 0.2) is 12.7 Å². The highest BCUT2D eigenvalue weighted by atomic mass is 16.6. The van der Waals surface area contributed by atoms with Gasteiger partial charge >= 0.3 is 0 Å². The van der Waals surface area contributed by atoms with Crippen molar-refractivity contribution in [1.29, 1.82) is 0 Å². The lowest BCUT2D eigenvalue weighted by Gasteiger charge is -2.21. The normalized spacial score (nSPS) is 10.0. The SMILES string of the molecule is C=CCc1c(C)c(OC)c(OC)c(OC)c1OC.COc1c(C)c(CCCO)c(OC)c(OC)c1OC. The maximum Gasteiger partial charge on any atom is 0.207 e. The van der Waals surface area contributed by atoms with Gasteiger partial charge in [0.15, 0.2) is 23.0 Å². The molecule has 0 heterocycles. The molecular weight excluding hydrogens is 480 g/mol. The highest BCUT2D eigenvalue weighted by molar-refractivity contribution is 5.68. The average Bonchev–Trinajstić information content (AvgIpc) is 2.92. The monoisotopic (exact) mass is 522 g/mol. The molecule has 0 radical (unpaired) electrons. The molecule has 2 rings (SSSR count). The van der Waals surface area contributed by atoms with Crippen molar-refractivity contribution in [2.45, 2.75) is 33.1 Å². The van der Waals surface area contributed by atoms with E-state index in [4.69, 9.17) is 43.0 Å². The van der Waals surface area contributed by atoms with E-state index < -0.39 is 0 Å². The predicted molar refractivity (Wildman–Crippen MR) is 144 cm³/mol. The Kier molecular flexibility index (Phi) is 13.3. The first-order valence-corrected chi connectivity index (χ1v) is 11.7. The number of aliphatic hydroxyl groups excluding tert-OH is 1. The Hall–Kier alpha value is -3.46. The topological polar surface area (TPSA) is 94.1 Å². The van der Waals surface area contributed by atoms with Crippen molar-refractivity contribution in [2.75, 3.05) is 63.5 Å². The second-order valence-corrected chi connectivity index (χ2v) is 7.79. The van der Waals surface area contributed by atoms with Gasteiger partial charge in [0, 0.05) is 28.9 Å². The zero-order valence-electron chi connectivity index (χ0n) is 23.8. The van der Waals surface area contributed by atoms with Crippen LogP contribution in [0.5, 0.6) is 46.0 Å². The van der Waals surface area contributed by atoms with Crippen molar-refractivity contribution >= 4 is 0 Å². The molecule has 0 bridgehead atoms. The minimum absolute atomic E-state index is 0.124. The molecule has 0 atom stereocenters. The number of hydrogen-bond donors (Lipinski definition) is 1. The summed E-state index contributed by atoms with van der Waals surface area (Å²) in [4.78, 5) is 0. The second-order valence-electron chi connectivity index (χ2n) is 7.79. The predicted octanol–water partition coefficient (Wildman–Crippen LogP) is 4.71. The van der Waals surface area contributed by atoms with E-state index >= 15 is 0 Å². The molecule has 9 nitrogen and oxygen atoms in total. The van der Waals surface area contributed by atoms with Crippen LogP contribution < -0.4 is 37.9 Å². The molecule has 9 heteroatoms. The van der Waals surface area contributed by atoms with Crippen LogP contribution in [0.3, 0.4) is 0 Å². The van der Waals surface area contributed by atoms with E-state index in [1.54, 1.807) is 56.9 Å². The van der Waals surface area contributed by atoms with Gasteiger partial charge in [0.2, 0.25) is 23.0 Å². The molecule has 0 saturated heterocycles. The van der Waals surface area contributed by atoms with Crippen LogP contribution in [0.25, 0.3) is 0 Å². The lowest BCUT2D eigenvalue weighted by Crippen LogP contribution is -2.05. The Balaban J connectivity index is 0.000000371. The molecule has 1 N–H and O–H groups in total. The van der Waals surface area contributed by atoms with Crippen LogP contribution in [-0.2, 0) is 12.8 Å². The van der Waals surface area contributed by atoms with Gasteiger partial charge in [-0.15, -0.1) is 6.58 Å². The largest absolute Gasteiger partial charge is 0.492 e. The van der Waals surface area contributed by atoms with Crippen molar-refractivity contribution in [2.24, 2.45) is 0 Å². The summed E-state index contributed by atoms with van der Waals surface area (Å²) in [5.74, 6) is 4.70. The van der Waals surface area contributed by atoms with E-state index in [0.717, 1.165) is 22.3 Å². The Morgan fingerprint density at radius 2 is 0.865 bits per heavy atom. The van der Waals surface area contributed by atoms with Crippen LogP contribution in [-0.4, -0.2) is 68.6 Å². The number of aliphatic hydroxyl groups is 1. The van der Waals surface area contributed by atoms with Crippen LogP contribution >= 0.6 is 0 Å². The van der Waals surface area contributed by atoms with E-state index in [9.17, 15) is 0 Å². The fourth-order valence-electron chi connectivity index (χ4n) is 4.25. The zero-order valence-corrected chi connectivity index (χ0v) is 23.8. The minimum atomic E-state index is 0.124. The van der Waals surface area contributed by atoms with Gasteiger partial charge in [-0.3, -0.25) is 0 Å². The van der Waals surface area contributed by atoms with Crippen LogP contribution in [0.1, 0.15) is 28.7 Å². The molecule has 0 spiro atoms. The highest BCUT2D eigenvalue weighted by Crippen LogP contribution is 2.50. The minimum Gasteiger partial charge on any atom is -0.492 e. The molecule has 2 aromatic rings. The Bertz CT molecular complexity index is 1030. The number of rotatable bonds is 13. The van der Waals surface area contributed by atoms with Gasteiger partial charge in [-0.2, -0.15) is 0 Å². The van der Waals surface area contributed by atoms with Crippen LogP contribution in [0, 0.1) is 13.8 Å². The standard InChI is InChI=1S/C14H22O5.C14H20O4/c1-9-10(7-6-8-15)12(17-3)14(19-5)13(18-4)11(9)16-2;1-7-8-10-9(2)11(15-3)13(17-5)14(18-6)12(10)16-4/h15H,6-8H2,1-5H3;7H,1,8H2,2-6H3. The van der Waals surface area contributed by atoms with Crippen molar-refractivity contribution in [3.05, 3.63) is 34.9 Å². The number of allylic oxidation sites excluding steroid dienone is 1. The summed E-state index contributed by atoms with van der Waals surface area (Å²) in [7, 11) is 12.7. The maximum atomic E-state index is 9.01. The maximum absolute atomic E-state index is 9.01. The van der Waals surface area contributed by atoms with Gasteiger partial charge in [-0.25, -0.2) is 0 Å². The highest BCUT2D eigenvalue weighted by Gasteiger charge is 2.25. The van der Waals surface area contributed by atoms with E-state index in [2.05, 4.69) is 6.58 Å². The van der Waals surface area contributed by atoms with Crippen molar-refractivity contribution in [1.82, 2.24) is 0 Å². The summed E-state index contributed by atoms with van der Waals surface area (Å²) < 4.78 is 43.2. The average molecular weight is 523 g/mol. The molecule has 0 aromatic heterocycles. The number of ether oxygens (including phenoxy) is 8. The Morgan fingerprint density at radius 3 is 1.19 bits per heavy atom. The molecule has 0 saturated carbocycles. The molecule has 0 fully saturated rings. The summed E-state index contributed by atoms with van der Waals surface area (Å²) in [5, 5.41) is 9.01. The zero-order chi connectivity index (χ0) is 28.1. The van der Waals surface area contributed by atoms with Gasteiger partial charge in [0.05, 0.1) is 56.9 Å². The van der Waals surface area contributed by atoms with Gasteiger partial charge in [0.25, 0.3) is 0 Å². The molecule has 0 aliphatic carbocycles. The summed E-state index contributed by atoms with van der Waals surface area (Å²) in [5.41, 5.74) is 3.85. The molecule has 0 aliphatic rings. The summed E-state index contributed by atoms with van der Waals surface area (Å²) >= 11 is 0. The van der Waals surface area contributed by atoms with E-state index in [-0.39, 0.29) is 6.61 Å². The van der Waals surface area contributed by atoms with Crippen molar-refractivity contribution < 1.29 is 43.0 Å². The molecule has 208 valence electrons. The summed E-state index contributed by atoms with van der Waals surface area (Å²) in [6.45, 7) is 7.78. The summed E-state index contributed by atoms with van der Waals surface area (Å²) in [6.07, 6.45) is 3.82. The molecule has 0 amide bonds. The van der Waals surface area contributed by atoms with Crippen molar-refractivity contribution in [3.63, 3.8) is 0 Å². The van der Waals surface area contributed by atoms with Gasteiger partial charge in [-0.05, 0) is 33.1 Å². The molecule has 2 aromatic carbocycles. The van der Waals surface area contributed by atoms with E-state index in [1.807, 2.05) is 19.9 Å². The lowest BCUT2D eigenvalue weighted by atomic mass is 10.00. The van der Waals surface area contributed by atoms with E-state index in [1.165, 1.54) is 0 Å². The summed E-state index contributed by atoms with van der Waals surface area (Å²) in [6, 6.07) is 0. The van der Waals surface area contributed by atoms with E-state index in [0.29, 0.717) is 65.3 Å². The Labute approximate surface area is 220 Å². The lowest BCUT2D eigenvalue weighted by molar-refractivity contribution is 0.284. The first kappa shape index (κ1) is 31.6. The molecule has 37 heavy (non-hydrogen) atoms. The van der Waals surface area contributed by atoms with Gasteiger partial charge in [0.1, 0.15) is 0 Å².